The predicted octanol–water partition coefficient (Wildman–Crippen LogP) is 1.25. The molecule has 0 amide bonds. The van der Waals surface area contributed by atoms with Crippen molar-refractivity contribution in [1.29, 1.82) is 0 Å². The van der Waals surface area contributed by atoms with E-state index in [1.54, 1.807) is 4.31 Å². The van der Waals surface area contributed by atoms with Gasteiger partial charge in [0.05, 0.1) is 6.26 Å². The quantitative estimate of drug-likeness (QED) is 0.651. The Balaban J connectivity index is 2.30. The van der Waals surface area contributed by atoms with Gasteiger partial charge in [0.1, 0.15) is 0 Å². The zero-order valence-electron chi connectivity index (χ0n) is 13.1. The number of piperazine rings is 1. The van der Waals surface area contributed by atoms with Crippen LogP contribution in [0.4, 0.5) is 0 Å². The number of hydrogen-bond donors (Lipinski definition) is 1. The van der Waals surface area contributed by atoms with Crippen LogP contribution in [0.25, 0.3) is 0 Å². The summed E-state index contributed by atoms with van der Waals surface area (Å²) in [5.41, 5.74) is 5.89. The van der Waals surface area contributed by atoms with E-state index in [4.69, 9.17) is 5.73 Å². The molecule has 0 radical (unpaired) electrons. The molecule has 0 aromatic carbocycles. The average molecular weight is 305 g/mol. The Labute approximate surface area is 124 Å². The van der Waals surface area contributed by atoms with Crippen LogP contribution in [0.2, 0.25) is 0 Å². The van der Waals surface area contributed by atoms with Gasteiger partial charge >= 0.3 is 0 Å². The highest BCUT2D eigenvalue weighted by Crippen LogP contribution is 2.14. The minimum atomic E-state index is -3.03. The van der Waals surface area contributed by atoms with Gasteiger partial charge in [-0.15, -0.1) is 0 Å². The Morgan fingerprint density at radius 1 is 1.05 bits per heavy atom. The molecule has 1 unspecified atom stereocenters. The van der Waals surface area contributed by atoms with Gasteiger partial charge in [0.15, 0.2) is 0 Å². The topological polar surface area (TPSA) is 66.6 Å². The second-order valence-corrected chi connectivity index (χ2v) is 7.77. The van der Waals surface area contributed by atoms with Crippen molar-refractivity contribution in [1.82, 2.24) is 9.21 Å². The molecule has 1 atom stereocenters. The van der Waals surface area contributed by atoms with Crippen molar-refractivity contribution in [3.05, 3.63) is 0 Å². The maximum absolute atomic E-state index is 11.5. The summed E-state index contributed by atoms with van der Waals surface area (Å²) in [6.07, 6.45) is 8.85. The summed E-state index contributed by atoms with van der Waals surface area (Å²) in [5.74, 6) is 0. The third-order valence-electron chi connectivity index (χ3n) is 4.17. The maximum atomic E-state index is 11.5. The fourth-order valence-corrected chi connectivity index (χ4v) is 3.66. The number of hydrogen-bond acceptors (Lipinski definition) is 4. The highest BCUT2D eigenvalue weighted by Gasteiger charge is 2.26. The van der Waals surface area contributed by atoms with Gasteiger partial charge in [-0.25, -0.2) is 8.42 Å². The van der Waals surface area contributed by atoms with Crippen LogP contribution < -0.4 is 5.73 Å². The van der Waals surface area contributed by atoms with Crippen LogP contribution in [0, 0.1) is 0 Å². The van der Waals surface area contributed by atoms with Crippen LogP contribution in [0.5, 0.6) is 0 Å². The standard InChI is InChI=1S/C14H31N3O2S/c1-3-4-5-6-7-8-14(13-15)16-9-11-17(12-10-16)20(2,18)19/h14H,3-13,15H2,1-2H3. The first-order valence-corrected chi connectivity index (χ1v) is 9.73. The molecule has 1 rings (SSSR count). The minimum absolute atomic E-state index is 0.415. The first-order valence-electron chi connectivity index (χ1n) is 7.88. The molecule has 6 heteroatoms. The average Bonchev–Trinajstić information content (AvgIpc) is 2.42. The second kappa shape index (κ2) is 8.97. The van der Waals surface area contributed by atoms with Crippen molar-refractivity contribution >= 4 is 10.0 Å². The summed E-state index contributed by atoms with van der Waals surface area (Å²) < 4.78 is 24.5. The van der Waals surface area contributed by atoms with Crippen LogP contribution in [0.15, 0.2) is 0 Å². The summed E-state index contributed by atoms with van der Waals surface area (Å²) in [4.78, 5) is 2.36. The van der Waals surface area contributed by atoms with Gasteiger partial charge in [-0.05, 0) is 6.42 Å². The normalized spacial score (nSPS) is 20.1. The Kier molecular flexibility index (Phi) is 8.02. The van der Waals surface area contributed by atoms with Gasteiger partial charge in [-0.3, -0.25) is 4.90 Å². The number of sulfonamides is 1. The first kappa shape index (κ1) is 17.9. The fraction of sp³-hybridized carbons (Fsp3) is 1.00. The van der Waals surface area contributed by atoms with Gasteiger partial charge in [-0.1, -0.05) is 39.0 Å². The number of nitrogens with two attached hydrogens (primary N) is 1. The van der Waals surface area contributed by atoms with Crippen molar-refractivity contribution in [3.63, 3.8) is 0 Å². The van der Waals surface area contributed by atoms with Crippen LogP contribution in [-0.2, 0) is 10.0 Å². The van der Waals surface area contributed by atoms with E-state index in [0.717, 1.165) is 19.5 Å². The molecule has 120 valence electrons. The second-order valence-electron chi connectivity index (χ2n) is 5.79. The van der Waals surface area contributed by atoms with Crippen molar-refractivity contribution in [2.75, 3.05) is 39.0 Å². The van der Waals surface area contributed by atoms with E-state index in [9.17, 15) is 8.42 Å². The molecule has 0 saturated carbocycles. The Bertz CT molecular complexity index is 351. The van der Waals surface area contributed by atoms with E-state index in [0.29, 0.717) is 25.7 Å². The van der Waals surface area contributed by atoms with Gasteiger partial charge < -0.3 is 5.73 Å². The molecule has 20 heavy (non-hydrogen) atoms. The van der Waals surface area contributed by atoms with Crippen molar-refractivity contribution in [3.8, 4) is 0 Å². The van der Waals surface area contributed by atoms with Gasteiger partial charge in [-0.2, -0.15) is 4.31 Å². The first-order chi connectivity index (χ1) is 9.49. The lowest BCUT2D eigenvalue weighted by Crippen LogP contribution is -2.53. The monoisotopic (exact) mass is 305 g/mol. The Morgan fingerprint density at radius 3 is 2.15 bits per heavy atom. The van der Waals surface area contributed by atoms with Crippen LogP contribution in [0.1, 0.15) is 45.4 Å². The van der Waals surface area contributed by atoms with Gasteiger partial charge in [0.25, 0.3) is 0 Å². The summed E-state index contributed by atoms with van der Waals surface area (Å²) in [7, 11) is -3.03. The maximum Gasteiger partial charge on any atom is 0.211 e. The molecule has 1 aliphatic rings. The van der Waals surface area contributed by atoms with E-state index >= 15 is 0 Å². The zero-order chi connectivity index (χ0) is 15.0. The van der Waals surface area contributed by atoms with E-state index in [1.165, 1.54) is 38.4 Å². The molecule has 0 aromatic heterocycles. The lowest BCUT2D eigenvalue weighted by atomic mass is 10.0. The number of rotatable bonds is 9. The molecule has 0 aromatic rings. The predicted molar refractivity (Wildman–Crippen MR) is 84.2 cm³/mol. The number of nitrogens with zero attached hydrogens (tertiary/aromatic N) is 2. The zero-order valence-corrected chi connectivity index (χ0v) is 13.9. The third-order valence-corrected chi connectivity index (χ3v) is 5.47. The Morgan fingerprint density at radius 2 is 1.65 bits per heavy atom. The molecule has 2 N–H and O–H groups in total. The molecule has 0 aliphatic carbocycles. The van der Waals surface area contributed by atoms with E-state index in [2.05, 4.69) is 11.8 Å². The van der Waals surface area contributed by atoms with Crippen molar-refractivity contribution in [2.24, 2.45) is 5.73 Å². The fourth-order valence-electron chi connectivity index (χ4n) is 2.83. The smallest absolute Gasteiger partial charge is 0.211 e. The number of unbranched alkanes of at least 4 members (excludes halogenated alkanes) is 4. The van der Waals surface area contributed by atoms with Crippen LogP contribution in [0.3, 0.4) is 0 Å². The lowest BCUT2D eigenvalue weighted by molar-refractivity contribution is 0.132. The van der Waals surface area contributed by atoms with Gasteiger partial charge in [0.2, 0.25) is 10.0 Å². The van der Waals surface area contributed by atoms with Crippen LogP contribution in [-0.4, -0.2) is 62.6 Å². The SMILES string of the molecule is CCCCCCCC(CN)N1CCN(S(C)(=O)=O)CC1. The highest BCUT2D eigenvalue weighted by atomic mass is 32.2. The lowest BCUT2D eigenvalue weighted by Gasteiger charge is -2.38. The largest absolute Gasteiger partial charge is 0.329 e. The molecular formula is C14H31N3O2S. The molecule has 1 aliphatic heterocycles. The molecule has 1 fully saturated rings. The summed E-state index contributed by atoms with van der Waals surface area (Å²) in [5, 5.41) is 0. The van der Waals surface area contributed by atoms with E-state index in [-0.39, 0.29) is 0 Å². The summed E-state index contributed by atoms with van der Waals surface area (Å²) in [6, 6.07) is 0.415. The third kappa shape index (κ3) is 6.08. The highest BCUT2D eigenvalue weighted by molar-refractivity contribution is 7.88. The molecular weight excluding hydrogens is 274 g/mol. The molecule has 1 heterocycles. The Hall–Kier alpha value is -0.170. The van der Waals surface area contributed by atoms with Crippen molar-refractivity contribution < 1.29 is 8.42 Å². The van der Waals surface area contributed by atoms with Crippen molar-refractivity contribution in [2.45, 2.75) is 51.5 Å². The minimum Gasteiger partial charge on any atom is -0.329 e. The molecule has 0 spiro atoms. The molecule has 0 bridgehead atoms. The molecule has 5 nitrogen and oxygen atoms in total. The van der Waals surface area contributed by atoms with Gasteiger partial charge in [0, 0.05) is 38.8 Å². The van der Waals surface area contributed by atoms with Crippen LogP contribution >= 0.6 is 0 Å². The summed E-state index contributed by atoms with van der Waals surface area (Å²) in [6.45, 7) is 5.72. The molecule has 1 saturated heterocycles. The van der Waals surface area contributed by atoms with E-state index in [1.807, 2.05) is 0 Å². The van der Waals surface area contributed by atoms with E-state index < -0.39 is 10.0 Å². The summed E-state index contributed by atoms with van der Waals surface area (Å²) >= 11 is 0.